The Balaban J connectivity index is 1.99. The largest absolute Gasteiger partial charge is 0.149 e. The van der Waals surface area contributed by atoms with Crippen LogP contribution in [0, 0.1) is 11.8 Å². The lowest BCUT2D eigenvalue weighted by Crippen LogP contribution is -2.36. The summed E-state index contributed by atoms with van der Waals surface area (Å²) in [4.78, 5) is 0. The fourth-order valence-corrected chi connectivity index (χ4v) is 3.28. The van der Waals surface area contributed by atoms with Gasteiger partial charge in [0.25, 0.3) is 0 Å². The van der Waals surface area contributed by atoms with Gasteiger partial charge in [-0.1, -0.05) is 0 Å². The zero-order chi connectivity index (χ0) is 6.72. The number of nitrogens with zero attached hydrogens (tertiary/aromatic N) is 1. The Bertz CT molecular complexity index is 165. The summed E-state index contributed by atoms with van der Waals surface area (Å²) in [6.45, 7) is 0. The fraction of sp³-hybridized carbons (Fsp3) is 1.00. The smallest absolute Gasteiger partial charge is 0.0418 e. The van der Waals surface area contributed by atoms with Gasteiger partial charge < -0.3 is 0 Å². The average molecular weight is 138 g/mol. The van der Waals surface area contributed by atoms with Crippen molar-refractivity contribution in [3.05, 3.63) is 0 Å². The van der Waals surface area contributed by atoms with Gasteiger partial charge in [0.15, 0.2) is 0 Å². The molecule has 2 saturated carbocycles. The molecule has 0 N–H and O–H groups in total. The lowest BCUT2D eigenvalue weighted by Gasteiger charge is -2.28. The van der Waals surface area contributed by atoms with Crippen molar-refractivity contribution in [3.63, 3.8) is 0 Å². The van der Waals surface area contributed by atoms with E-state index in [4.69, 9.17) is 0 Å². The van der Waals surface area contributed by atoms with Crippen molar-refractivity contribution in [3.8, 4) is 0 Å². The minimum Gasteiger partial charge on any atom is -0.149 e. The van der Waals surface area contributed by atoms with Gasteiger partial charge in [-0.3, -0.25) is 0 Å². The van der Waals surface area contributed by atoms with E-state index in [-0.39, 0.29) is 0 Å². The van der Waals surface area contributed by atoms with E-state index >= 15 is 0 Å². The van der Waals surface area contributed by atoms with Crippen molar-refractivity contribution in [2.45, 2.75) is 37.8 Å². The molecule has 2 aliphatic carbocycles. The first-order chi connectivity index (χ1) is 4.84. The van der Waals surface area contributed by atoms with E-state index in [1.807, 2.05) is 0 Å². The highest BCUT2D eigenvalue weighted by Gasteiger charge is 2.53. The second kappa shape index (κ2) is 1.56. The van der Waals surface area contributed by atoms with Gasteiger partial charge in [-0.2, -0.15) is 0 Å². The Morgan fingerprint density at radius 2 is 2.00 bits per heavy atom. The van der Waals surface area contributed by atoms with Crippen LogP contribution in [0.15, 0.2) is 0 Å². The molecular weight excluding hydrogens is 126 g/mol. The third-order valence-electron chi connectivity index (χ3n) is 3.62. The number of rotatable bonds is 0. The standard InChI is InChI=1S/C8H12NO/c10-9-7-2-5-1-6(4-7)8(9)3-5/h5-8H,1-4H2. The lowest BCUT2D eigenvalue weighted by molar-refractivity contribution is -0.207. The molecule has 0 amide bonds. The Labute approximate surface area is 60.8 Å². The molecule has 1 radical (unpaired) electrons. The minimum atomic E-state index is 0.433. The quantitative estimate of drug-likeness (QED) is 0.493. The lowest BCUT2D eigenvalue weighted by atomic mass is 9.87. The van der Waals surface area contributed by atoms with Crippen LogP contribution in [0.2, 0.25) is 0 Å². The maximum atomic E-state index is 11.3. The Morgan fingerprint density at radius 3 is 2.70 bits per heavy atom. The van der Waals surface area contributed by atoms with Crippen LogP contribution in [0.5, 0.6) is 0 Å². The van der Waals surface area contributed by atoms with E-state index < -0.39 is 0 Å². The van der Waals surface area contributed by atoms with Crippen LogP contribution in [0.4, 0.5) is 0 Å². The molecule has 4 fully saturated rings. The van der Waals surface area contributed by atoms with E-state index in [2.05, 4.69) is 0 Å². The molecule has 55 valence electrons. The van der Waals surface area contributed by atoms with Gasteiger partial charge in [0.05, 0.1) is 0 Å². The van der Waals surface area contributed by atoms with Crippen LogP contribution in [-0.2, 0) is 5.21 Å². The van der Waals surface area contributed by atoms with E-state index in [9.17, 15) is 5.21 Å². The summed E-state index contributed by atoms with van der Waals surface area (Å²) < 4.78 is 0. The fourth-order valence-electron chi connectivity index (χ4n) is 3.28. The van der Waals surface area contributed by atoms with Crippen LogP contribution in [-0.4, -0.2) is 17.1 Å². The molecule has 2 nitrogen and oxygen atoms in total. The van der Waals surface area contributed by atoms with Crippen molar-refractivity contribution < 1.29 is 5.21 Å². The molecule has 2 heterocycles. The van der Waals surface area contributed by atoms with E-state index in [1.165, 1.54) is 30.7 Å². The van der Waals surface area contributed by atoms with Crippen molar-refractivity contribution >= 4 is 0 Å². The van der Waals surface area contributed by atoms with Gasteiger partial charge in [0.1, 0.15) is 0 Å². The Kier molecular flexibility index (Phi) is 0.868. The monoisotopic (exact) mass is 138 g/mol. The molecule has 2 heteroatoms. The third-order valence-corrected chi connectivity index (χ3v) is 3.62. The summed E-state index contributed by atoms with van der Waals surface area (Å²) in [7, 11) is 0. The minimum absolute atomic E-state index is 0.433. The highest BCUT2D eigenvalue weighted by Crippen LogP contribution is 2.51. The van der Waals surface area contributed by atoms with Crippen molar-refractivity contribution in [1.29, 1.82) is 0 Å². The maximum absolute atomic E-state index is 11.3. The summed E-state index contributed by atoms with van der Waals surface area (Å²) in [5, 5.41) is 12.7. The molecule has 0 aromatic carbocycles. The molecule has 4 rings (SSSR count). The van der Waals surface area contributed by atoms with Gasteiger partial charge in [-0.05, 0) is 37.5 Å². The van der Waals surface area contributed by atoms with E-state index in [0.29, 0.717) is 12.1 Å². The van der Waals surface area contributed by atoms with E-state index in [1.54, 1.807) is 0 Å². The third kappa shape index (κ3) is 0.487. The van der Waals surface area contributed by atoms with Gasteiger partial charge in [-0.25, -0.2) is 0 Å². The number of hydrogen-bond donors (Lipinski definition) is 0. The first-order valence-corrected chi connectivity index (χ1v) is 4.30. The van der Waals surface area contributed by atoms with Crippen LogP contribution in [0.25, 0.3) is 0 Å². The summed E-state index contributed by atoms with van der Waals surface area (Å²) in [5.41, 5.74) is 0. The van der Waals surface area contributed by atoms with Gasteiger partial charge in [-0.15, -0.1) is 10.3 Å². The zero-order valence-corrected chi connectivity index (χ0v) is 5.99. The molecule has 2 saturated heterocycles. The summed E-state index contributed by atoms with van der Waals surface area (Å²) >= 11 is 0. The van der Waals surface area contributed by atoms with Crippen molar-refractivity contribution in [2.24, 2.45) is 11.8 Å². The second-order valence-corrected chi connectivity index (χ2v) is 4.15. The molecular formula is C8H12NO. The van der Waals surface area contributed by atoms with E-state index in [0.717, 1.165) is 11.8 Å². The molecule has 4 aliphatic rings. The molecule has 0 aromatic heterocycles. The van der Waals surface area contributed by atoms with Crippen LogP contribution < -0.4 is 0 Å². The molecule has 4 bridgehead atoms. The van der Waals surface area contributed by atoms with Gasteiger partial charge in [0, 0.05) is 12.1 Å². The highest BCUT2D eigenvalue weighted by atomic mass is 16.5. The molecule has 0 aromatic rings. The molecule has 10 heavy (non-hydrogen) atoms. The van der Waals surface area contributed by atoms with Crippen LogP contribution in [0.1, 0.15) is 25.7 Å². The maximum Gasteiger partial charge on any atom is 0.0418 e. The predicted molar refractivity (Wildman–Crippen MR) is 35.5 cm³/mol. The summed E-state index contributed by atoms with van der Waals surface area (Å²) in [5.74, 6) is 1.72. The number of hydroxylamine groups is 2. The molecule has 4 atom stereocenters. The second-order valence-electron chi connectivity index (χ2n) is 4.15. The number of piperidine rings is 1. The summed E-state index contributed by atoms with van der Waals surface area (Å²) in [6, 6.07) is 0.881. The molecule has 0 spiro atoms. The SMILES string of the molecule is [O]N1C2CC3CC(C2)C1C3. The van der Waals surface area contributed by atoms with Gasteiger partial charge >= 0.3 is 0 Å². The molecule has 2 aliphatic heterocycles. The van der Waals surface area contributed by atoms with Crippen LogP contribution in [0.3, 0.4) is 0 Å². The highest BCUT2D eigenvalue weighted by molar-refractivity contribution is 5.03. The Hall–Kier alpha value is -0.0800. The Morgan fingerprint density at radius 1 is 1.10 bits per heavy atom. The van der Waals surface area contributed by atoms with Gasteiger partial charge in [0.2, 0.25) is 0 Å². The van der Waals surface area contributed by atoms with Crippen molar-refractivity contribution in [2.75, 3.05) is 0 Å². The zero-order valence-electron chi connectivity index (χ0n) is 5.99. The van der Waals surface area contributed by atoms with Crippen LogP contribution >= 0.6 is 0 Å². The number of hydrogen-bond acceptors (Lipinski definition) is 1. The van der Waals surface area contributed by atoms with Crippen molar-refractivity contribution in [1.82, 2.24) is 5.06 Å². The molecule has 4 unspecified atom stereocenters. The summed E-state index contributed by atoms with van der Waals surface area (Å²) in [6.07, 6.45) is 4.99. The first-order valence-electron chi connectivity index (χ1n) is 4.30. The first kappa shape index (κ1) is 5.56. The predicted octanol–water partition coefficient (Wildman–Crippen LogP) is 1.20. The topological polar surface area (TPSA) is 23.1 Å². The normalized spacial score (nSPS) is 58.5. The average Bonchev–Trinajstić information content (AvgIpc) is 2.31.